The van der Waals surface area contributed by atoms with Gasteiger partial charge in [0.25, 0.3) is 0 Å². The molecule has 0 saturated carbocycles. The van der Waals surface area contributed by atoms with Crippen LogP contribution in [0.1, 0.15) is 44.9 Å². The van der Waals surface area contributed by atoms with Crippen LogP contribution in [0.2, 0.25) is 0 Å². The zero-order valence-corrected chi connectivity index (χ0v) is 16.5. The van der Waals surface area contributed by atoms with Crippen molar-refractivity contribution in [2.45, 2.75) is 45.4 Å². The molecule has 0 aliphatic carbocycles. The molecule has 0 aromatic carbocycles. The van der Waals surface area contributed by atoms with Gasteiger partial charge in [-0.25, -0.2) is 0 Å². The van der Waals surface area contributed by atoms with E-state index >= 15 is 0 Å². The summed E-state index contributed by atoms with van der Waals surface area (Å²) < 4.78 is 5.46. The van der Waals surface area contributed by atoms with Crippen LogP contribution in [0.4, 0.5) is 0 Å². The molecule has 5 heteroatoms. The predicted octanol–water partition coefficient (Wildman–Crippen LogP) is 3.74. The third-order valence-corrected chi connectivity index (χ3v) is 5.96. The molecule has 0 atom stereocenters. The first-order chi connectivity index (χ1) is 11.5. The Morgan fingerprint density at radius 3 is 2.79 bits per heavy atom. The molecule has 1 N–H and O–H groups in total. The number of nitrogens with one attached hydrogen (secondary N) is 1. The van der Waals surface area contributed by atoms with Crippen molar-refractivity contribution >= 4 is 17.3 Å². The summed E-state index contributed by atoms with van der Waals surface area (Å²) in [7, 11) is 2.15. The number of hydrogen-bond acceptors (Lipinski definition) is 3. The van der Waals surface area contributed by atoms with Gasteiger partial charge < -0.3 is 15.0 Å². The molecule has 1 aliphatic rings. The van der Waals surface area contributed by atoms with Crippen LogP contribution in [-0.2, 0) is 10.2 Å². The maximum absolute atomic E-state index is 5.46. The standard InChI is InChI=1S/C19H33N3OS/c1-5-20-18(21-15-19(2,3)17-7-6-14-24-17)22(4)11-8-16-9-12-23-13-10-16/h6-7,14,16H,5,8-13,15H2,1-4H3,(H,20,21). The van der Waals surface area contributed by atoms with E-state index in [1.807, 2.05) is 11.3 Å². The van der Waals surface area contributed by atoms with Crippen molar-refractivity contribution in [3.63, 3.8) is 0 Å². The monoisotopic (exact) mass is 351 g/mol. The van der Waals surface area contributed by atoms with Gasteiger partial charge in [-0.2, -0.15) is 0 Å². The summed E-state index contributed by atoms with van der Waals surface area (Å²) in [6.45, 7) is 11.3. The highest BCUT2D eigenvalue weighted by Crippen LogP contribution is 2.27. The molecule has 0 spiro atoms. The second-order valence-corrected chi connectivity index (χ2v) is 8.25. The van der Waals surface area contributed by atoms with Gasteiger partial charge in [-0.3, -0.25) is 4.99 Å². The number of rotatable bonds is 7. The van der Waals surface area contributed by atoms with E-state index in [0.717, 1.165) is 44.7 Å². The number of ether oxygens (including phenoxy) is 1. The second-order valence-electron chi connectivity index (χ2n) is 7.30. The van der Waals surface area contributed by atoms with Gasteiger partial charge in [0, 0.05) is 43.6 Å². The maximum Gasteiger partial charge on any atom is 0.193 e. The smallest absolute Gasteiger partial charge is 0.193 e. The van der Waals surface area contributed by atoms with Gasteiger partial charge in [-0.15, -0.1) is 11.3 Å². The quantitative estimate of drug-likeness (QED) is 0.600. The molecule has 24 heavy (non-hydrogen) atoms. The Bertz CT molecular complexity index is 493. The minimum atomic E-state index is 0.0797. The van der Waals surface area contributed by atoms with Gasteiger partial charge in [0.15, 0.2) is 5.96 Å². The summed E-state index contributed by atoms with van der Waals surface area (Å²) >= 11 is 1.82. The average Bonchev–Trinajstić information content (AvgIpc) is 3.13. The Labute approximate surface area is 151 Å². The van der Waals surface area contributed by atoms with Gasteiger partial charge in [0.1, 0.15) is 0 Å². The summed E-state index contributed by atoms with van der Waals surface area (Å²) in [6.07, 6.45) is 3.62. The third-order valence-electron chi connectivity index (χ3n) is 4.72. The van der Waals surface area contributed by atoms with Crippen molar-refractivity contribution < 1.29 is 4.74 Å². The van der Waals surface area contributed by atoms with Crippen molar-refractivity contribution in [3.8, 4) is 0 Å². The summed E-state index contributed by atoms with van der Waals surface area (Å²) in [5.74, 6) is 1.82. The molecule has 0 amide bonds. The summed E-state index contributed by atoms with van der Waals surface area (Å²) in [5.41, 5.74) is 0.0797. The lowest BCUT2D eigenvalue weighted by atomic mass is 9.92. The first kappa shape index (κ1) is 19.3. The van der Waals surface area contributed by atoms with Gasteiger partial charge in [-0.1, -0.05) is 19.9 Å². The molecule has 4 nitrogen and oxygen atoms in total. The lowest BCUT2D eigenvalue weighted by molar-refractivity contribution is 0.0625. The van der Waals surface area contributed by atoms with Crippen LogP contribution in [-0.4, -0.2) is 50.8 Å². The van der Waals surface area contributed by atoms with Crippen LogP contribution < -0.4 is 5.32 Å². The molecular weight excluding hydrogens is 318 g/mol. The third kappa shape index (κ3) is 5.78. The van der Waals surface area contributed by atoms with Crippen molar-refractivity contribution in [2.75, 3.05) is 39.9 Å². The molecule has 0 bridgehead atoms. The van der Waals surface area contributed by atoms with E-state index in [1.165, 1.54) is 24.1 Å². The predicted molar refractivity (Wildman–Crippen MR) is 104 cm³/mol. The zero-order chi connectivity index (χ0) is 17.4. The van der Waals surface area contributed by atoms with Crippen molar-refractivity contribution in [1.82, 2.24) is 10.2 Å². The van der Waals surface area contributed by atoms with Gasteiger partial charge >= 0.3 is 0 Å². The van der Waals surface area contributed by atoms with Crippen LogP contribution in [0.3, 0.4) is 0 Å². The SMILES string of the molecule is CCNC(=NCC(C)(C)c1cccs1)N(C)CCC1CCOCC1. The lowest BCUT2D eigenvalue weighted by Gasteiger charge is -2.28. The molecule has 2 rings (SSSR count). The van der Waals surface area contributed by atoms with Gasteiger partial charge in [0.05, 0.1) is 6.54 Å². The van der Waals surface area contributed by atoms with Crippen molar-refractivity contribution in [1.29, 1.82) is 0 Å². The van der Waals surface area contributed by atoms with E-state index in [-0.39, 0.29) is 5.41 Å². The minimum Gasteiger partial charge on any atom is -0.381 e. The largest absolute Gasteiger partial charge is 0.381 e. The first-order valence-electron chi connectivity index (χ1n) is 9.14. The average molecular weight is 352 g/mol. The van der Waals surface area contributed by atoms with Crippen LogP contribution in [0, 0.1) is 5.92 Å². The van der Waals surface area contributed by atoms with E-state index in [1.54, 1.807) is 0 Å². The van der Waals surface area contributed by atoms with Crippen LogP contribution >= 0.6 is 11.3 Å². The molecule has 2 heterocycles. The van der Waals surface area contributed by atoms with Crippen molar-refractivity contribution in [2.24, 2.45) is 10.9 Å². The number of nitrogens with zero attached hydrogens (tertiary/aromatic N) is 2. The Morgan fingerprint density at radius 2 is 2.17 bits per heavy atom. The number of hydrogen-bond donors (Lipinski definition) is 1. The Hall–Kier alpha value is -1.07. The summed E-state index contributed by atoms with van der Waals surface area (Å²) in [4.78, 5) is 8.59. The Morgan fingerprint density at radius 1 is 1.42 bits per heavy atom. The number of thiophene rings is 1. The zero-order valence-electron chi connectivity index (χ0n) is 15.7. The van der Waals surface area contributed by atoms with E-state index in [9.17, 15) is 0 Å². The van der Waals surface area contributed by atoms with Gasteiger partial charge in [0.2, 0.25) is 0 Å². The fourth-order valence-corrected chi connectivity index (χ4v) is 3.85. The van der Waals surface area contributed by atoms with E-state index in [2.05, 4.69) is 55.5 Å². The molecule has 1 aliphatic heterocycles. The Kier molecular flexibility index (Phi) is 7.56. The first-order valence-corrected chi connectivity index (χ1v) is 10.0. The maximum atomic E-state index is 5.46. The molecule has 136 valence electrons. The number of guanidine groups is 1. The minimum absolute atomic E-state index is 0.0797. The van der Waals surface area contributed by atoms with E-state index in [4.69, 9.17) is 9.73 Å². The fourth-order valence-electron chi connectivity index (χ4n) is 3.00. The van der Waals surface area contributed by atoms with E-state index < -0.39 is 0 Å². The highest BCUT2D eigenvalue weighted by Gasteiger charge is 2.22. The summed E-state index contributed by atoms with van der Waals surface area (Å²) in [5, 5.41) is 5.59. The second kappa shape index (κ2) is 9.42. The lowest BCUT2D eigenvalue weighted by Crippen LogP contribution is -2.41. The van der Waals surface area contributed by atoms with Gasteiger partial charge in [-0.05, 0) is 43.6 Å². The van der Waals surface area contributed by atoms with E-state index in [0.29, 0.717) is 0 Å². The molecule has 0 radical (unpaired) electrons. The molecule has 0 unspecified atom stereocenters. The highest BCUT2D eigenvalue weighted by molar-refractivity contribution is 7.10. The molecule has 1 fully saturated rings. The normalized spacial score (nSPS) is 17.1. The fraction of sp³-hybridized carbons (Fsp3) is 0.737. The van der Waals surface area contributed by atoms with Crippen LogP contribution in [0.25, 0.3) is 0 Å². The topological polar surface area (TPSA) is 36.9 Å². The molecule has 1 aromatic heterocycles. The number of aliphatic imine (C=N–C) groups is 1. The van der Waals surface area contributed by atoms with Crippen LogP contribution in [0.5, 0.6) is 0 Å². The summed E-state index contributed by atoms with van der Waals surface area (Å²) in [6, 6.07) is 4.33. The van der Waals surface area contributed by atoms with Crippen LogP contribution in [0.15, 0.2) is 22.5 Å². The molecule has 1 aromatic rings. The Balaban J connectivity index is 1.91. The molecular formula is C19H33N3OS. The highest BCUT2D eigenvalue weighted by atomic mass is 32.1. The van der Waals surface area contributed by atoms with Crippen molar-refractivity contribution in [3.05, 3.63) is 22.4 Å². The molecule has 1 saturated heterocycles.